The monoisotopic (exact) mass is 234 g/mol. The molecule has 3 atom stereocenters. The third-order valence-corrected chi connectivity index (χ3v) is 2.85. The van der Waals surface area contributed by atoms with Gasteiger partial charge in [0, 0.05) is 12.5 Å². The maximum absolute atomic E-state index is 10.3. The molecule has 0 fully saturated rings. The van der Waals surface area contributed by atoms with Gasteiger partial charge < -0.3 is 15.3 Å². The molecule has 92 valence electrons. The van der Waals surface area contributed by atoms with Crippen molar-refractivity contribution in [3.8, 4) is 11.8 Å². The van der Waals surface area contributed by atoms with Crippen molar-refractivity contribution in [1.82, 2.24) is 0 Å². The van der Waals surface area contributed by atoms with Gasteiger partial charge >= 0.3 is 0 Å². The number of hydrogen-bond donors (Lipinski definition) is 3. The highest BCUT2D eigenvalue weighted by Crippen LogP contribution is 2.31. The zero-order valence-corrected chi connectivity index (χ0v) is 9.87. The number of hydrogen-bond acceptors (Lipinski definition) is 3. The van der Waals surface area contributed by atoms with Crippen molar-refractivity contribution < 1.29 is 15.3 Å². The van der Waals surface area contributed by atoms with Crippen LogP contribution >= 0.6 is 0 Å². The summed E-state index contributed by atoms with van der Waals surface area (Å²) in [5.41, 5.74) is -1.44. The Balaban J connectivity index is 2.84. The van der Waals surface area contributed by atoms with Gasteiger partial charge in [0.15, 0.2) is 0 Å². The van der Waals surface area contributed by atoms with Gasteiger partial charge in [-0.15, -0.1) is 0 Å². The van der Waals surface area contributed by atoms with E-state index in [4.69, 9.17) is 0 Å². The van der Waals surface area contributed by atoms with Crippen molar-refractivity contribution in [3.05, 3.63) is 36.5 Å². The van der Waals surface area contributed by atoms with Gasteiger partial charge in [-0.1, -0.05) is 30.1 Å². The molecule has 0 saturated heterocycles. The summed E-state index contributed by atoms with van der Waals surface area (Å²) in [6, 6.07) is 0. The van der Waals surface area contributed by atoms with Crippen LogP contribution in [0.15, 0.2) is 36.5 Å². The minimum Gasteiger partial charge on any atom is -0.396 e. The highest BCUT2D eigenvalue weighted by atomic mass is 16.3. The SMILES string of the molecule is C/C=C/C#C/C=C/[C@@]1(O)[C@H](CO)CC=C[C@H]1O. The molecule has 1 rings (SSSR count). The molecule has 0 amide bonds. The highest BCUT2D eigenvalue weighted by molar-refractivity contribution is 5.28. The molecule has 0 radical (unpaired) electrons. The van der Waals surface area contributed by atoms with Gasteiger partial charge in [0.2, 0.25) is 0 Å². The van der Waals surface area contributed by atoms with Gasteiger partial charge in [-0.2, -0.15) is 0 Å². The molecule has 3 N–H and O–H groups in total. The largest absolute Gasteiger partial charge is 0.396 e. The van der Waals surface area contributed by atoms with Crippen molar-refractivity contribution in [2.45, 2.75) is 25.0 Å². The van der Waals surface area contributed by atoms with Crippen LogP contribution in [0, 0.1) is 17.8 Å². The summed E-state index contributed by atoms with van der Waals surface area (Å²) < 4.78 is 0. The number of rotatable bonds is 2. The lowest BCUT2D eigenvalue weighted by Gasteiger charge is -2.37. The van der Waals surface area contributed by atoms with Crippen molar-refractivity contribution in [1.29, 1.82) is 0 Å². The topological polar surface area (TPSA) is 60.7 Å². The standard InChI is InChI=1S/C14H18O3/c1-2-3-4-5-6-10-14(17)12(11-15)8-7-9-13(14)16/h2-3,6-7,9-10,12-13,15-17H,8,11H2,1H3/b3-2+,10-6+/t12-,13+,14+/m0/s1. The molecule has 1 aliphatic rings. The molecule has 1 aliphatic carbocycles. The van der Waals surface area contributed by atoms with Gasteiger partial charge in [-0.05, 0) is 31.6 Å². The van der Waals surface area contributed by atoms with Crippen molar-refractivity contribution in [2.24, 2.45) is 5.92 Å². The van der Waals surface area contributed by atoms with Gasteiger partial charge in [0.1, 0.15) is 11.7 Å². The maximum atomic E-state index is 10.3. The first-order valence-corrected chi connectivity index (χ1v) is 5.63. The Kier molecular flexibility index (Phi) is 5.17. The molecular weight excluding hydrogens is 216 g/mol. The second-order valence-corrected chi connectivity index (χ2v) is 4.00. The minimum atomic E-state index is -1.44. The predicted molar refractivity (Wildman–Crippen MR) is 67.0 cm³/mol. The van der Waals surface area contributed by atoms with E-state index in [2.05, 4.69) is 11.8 Å². The fourth-order valence-electron chi connectivity index (χ4n) is 1.77. The molecule has 3 nitrogen and oxygen atoms in total. The first kappa shape index (κ1) is 13.7. The van der Waals surface area contributed by atoms with E-state index in [0.29, 0.717) is 6.42 Å². The molecule has 3 heteroatoms. The second-order valence-electron chi connectivity index (χ2n) is 4.00. The number of allylic oxidation sites excluding steroid dienone is 4. The molecule has 0 bridgehead atoms. The summed E-state index contributed by atoms with van der Waals surface area (Å²) >= 11 is 0. The Morgan fingerprint density at radius 3 is 2.76 bits per heavy atom. The maximum Gasteiger partial charge on any atom is 0.118 e. The molecule has 0 aliphatic heterocycles. The lowest BCUT2D eigenvalue weighted by molar-refractivity contribution is -0.0756. The van der Waals surface area contributed by atoms with Crippen molar-refractivity contribution in [3.63, 3.8) is 0 Å². The Bertz CT molecular complexity index is 384. The molecule has 0 unspecified atom stereocenters. The van der Waals surface area contributed by atoms with E-state index in [-0.39, 0.29) is 6.61 Å². The normalized spacial score (nSPS) is 32.9. The summed E-state index contributed by atoms with van der Waals surface area (Å²) in [4.78, 5) is 0. The van der Waals surface area contributed by atoms with Crippen LogP contribution in [0.4, 0.5) is 0 Å². The van der Waals surface area contributed by atoms with Gasteiger partial charge in [0.25, 0.3) is 0 Å². The van der Waals surface area contributed by atoms with Crippen LogP contribution in [-0.4, -0.2) is 33.6 Å². The molecule has 0 spiro atoms. The van der Waals surface area contributed by atoms with E-state index in [9.17, 15) is 15.3 Å². The van der Waals surface area contributed by atoms with Crippen molar-refractivity contribution >= 4 is 0 Å². The lowest BCUT2D eigenvalue weighted by atomic mass is 9.77. The molecule has 0 heterocycles. The first-order valence-electron chi connectivity index (χ1n) is 5.63. The molecule has 0 aromatic rings. The van der Waals surface area contributed by atoms with E-state index in [1.54, 1.807) is 12.2 Å². The third kappa shape index (κ3) is 3.31. The molecule has 17 heavy (non-hydrogen) atoms. The summed E-state index contributed by atoms with van der Waals surface area (Å²) in [7, 11) is 0. The van der Waals surface area contributed by atoms with Crippen LogP contribution in [0.3, 0.4) is 0 Å². The fourth-order valence-corrected chi connectivity index (χ4v) is 1.77. The highest BCUT2D eigenvalue weighted by Gasteiger charge is 2.41. The Morgan fingerprint density at radius 2 is 2.12 bits per heavy atom. The summed E-state index contributed by atoms with van der Waals surface area (Å²) in [5.74, 6) is 5.08. The summed E-state index contributed by atoms with van der Waals surface area (Å²) in [6.45, 7) is 1.69. The summed E-state index contributed by atoms with van der Waals surface area (Å²) in [5, 5.41) is 29.3. The van der Waals surface area contributed by atoms with Crippen LogP contribution in [0.25, 0.3) is 0 Å². The minimum absolute atomic E-state index is 0.176. The van der Waals surface area contributed by atoms with Gasteiger partial charge in [0.05, 0.1) is 0 Å². The first-order chi connectivity index (χ1) is 8.15. The number of aliphatic hydroxyl groups excluding tert-OH is 2. The Morgan fingerprint density at radius 1 is 1.41 bits per heavy atom. The van der Waals surface area contributed by atoms with Gasteiger partial charge in [-0.3, -0.25) is 0 Å². The smallest absolute Gasteiger partial charge is 0.118 e. The van der Waals surface area contributed by atoms with E-state index < -0.39 is 17.6 Å². The second kappa shape index (κ2) is 6.41. The zero-order valence-electron chi connectivity index (χ0n) is 9.87. The van der Waals surface area contributed by atoms with Crippen molar-refractivity contribution in [2.75, 3.05) is 6.61 Å². The molecular formula is C14H18O3. The molecule has 0 aromatic carbocycles. The van der Waals surface area contributed by atoms with E-state index >= 15 is 0 Å². The van der Waals surface area contributed by atoms with Crippen LogP contribution in [-0.2, 0) is 0 Å². The Hall–Kier alpha value is -1.34. The zero-order chi connectivity index (χ0) is 12.7. The fraction of sp³-hybridized carbons (Fsp3) is 0.429. The van der Waals surface area contributed by atoms with Crippen LogP contribution in [0.1, 0.15) is 13.3 Å². The van der Waals surface area contributed by atoms with E-state index in [1.165, 1.54) is 18.2 Å². The quantitative estimate of drug-likeness (QED) is 0.489. The van der Waals surface area contributed by atoms with E-state index in [1.807, 2.05) is 13.0 Å². The molecule has 0 aromatic heterocycles. The van der Waals surface area contributed by atoms with Crippen LogP contribution in [0.5, 0.6) is 0 Å². The lowest BCUT2D eigenvalue weighted by Crippen LogP contribution is -2.49. The van der Waals surface area contributed by atoms with Crippen LogP contribution in [0.2, 0.25) is 0 Å². The Labute approximate surface area is 102 Å². The average Bonchev–Trinajstić information content (AvgIpc) is 2.33. The predicted octanol–water partition coefficient (Wildman–Crippen LogP) is 0.782. The molecule has 0 saturated carbocycles. The average molecular weight is 234 g/mol. The summed E-state index contributed by atoms with van der Waals surface area (Å²) in [6.07, 6.45) is 9.29. The van der Waals surface area contributed by atoms with Gasteiger partial charge in [-0.25, -0.2) is 0 Å². The van der Waals surface area contributed by atoms with E-state index in [0.717, 1.165) is 0 Å². The number of aliphatic hydroxyl groups is 3. The third-order valence-electron chi connectivity index (χ3n) is 2.85. The van der Waals surface area contributed by atoms with Crippen LogP contribution < -0.4 is 0 Å².